The molecule has 2 aromatic rings. The van der Waals surface area contributed by atoms with Crippen molar-refractivity contribution in [2.45, 2.75) is 26.4 Å². The van der Waals surface area contributed by atoms with E-state index in [4.69, 9.17) is 4.84 Å². The van der Waals surface area contributed by atoms with E-state index in [1.807, 2.05) is 29.5 Å². The van der Waals surface area contributed by atoms with Gasteiger partial charge in [-0.1, -0.05) is 35.5 Å². The van der Waals surface area contributed by atoms with E-state index in [2.05, 4.69) is 37.2 Å². The molecule has 18 heavy (non-hydrogen) atoms. The topological polar surface area (TPSA) is 21.6 Å². The summed E-state index contributed by atoms with van der Waals surface area (Å²) in [7, 11) is 0. The third kappa shape index (κ3) is 2.06. The van der Waals surface area contributed by atoms with Crippen LogP contribution in [0.4, 0.5) is 0 Å². The van der Waals surface area contributed by atoms with Gasteiger partial charge in [-0.2, -0.15) is 0 Å². The van der Waals surface area contributed by atoms with Gasteiger partial charge in [0.25, 0.3) is 0 Å². The van der Waals surface area contributed by atoms with Crippen LogP contribution in [0.15, 0.2) is 41.6 Å². The van der Waals surface area contributed by atoms with Crippen LogP contribution in [0.25, 0.3) is 0 Å². The summed E-state index contributed by atoms with van der Waals surface area (Å²) < 4.78 is 0. The van der Waals surface area contributed by atoms with Gasteiger partial charge in [0.1, 0.15) is 0 Å². The van der Waals surface area contributed by atoms with E-state index >= 15 is 0 Å². The molecule has 1 unspecified atom stereocenters. The minimum absolute atomic E-state index is 0.0702. The molecule has 2 nitrogen and oxygen atoms in total. The Morgan fingerprint density at radius 2 is 2.00 bits per heavy atom. The van der Waals surface area contributed by atoms with Crippen LogP contribution in [0.1, 0.15) is 33.4 Å². The molecule has 0 saturated heterocycles. The Kier molecular flexibility index (Phi) is 2.92. The second-order valence-electron chi connectivity index (χ2n) is 4.57. The van der Waals surface area contributed by atoms with Crippen LogP contribution in [-0.4, -0.2) is 5.71 Å². The molecular formula is C15H15NOS. The number of thiophene rings is 1. The maximum atomic E-state index is 5.56. The van der Waals surface area contributed by atoms with E-state index in [1.54, 1.807) is 0 Å². The minimum Gasteiger partial charge on any atom is -0.387 e. The molecule has 0 fully saturated rings. The second-order valence-corrected chi connectivity index (χ2v) is 6.03. The van der Waals surface area contributed by atoms with Gasteiger partial charge >= 0.3 is 0 Å². The molecular weight excluding hydrogens is 242 g/mol. The molecule has 0 aliphatic carbocycles. The fourth-order valence-corrected chi connectivity index (χ4v) is 3.25. The minimum atomic E-state index is 0.0702. The number of benzene rings is 1. The molecule has 1 aromatic carbocycles. The summed E-state index contributed by atoms with van der Waals surface area (Å²) in [5.41, 5.74) is 3.52. The third-order valence-corrected chi connectivity index (χ3v) is 4.16. The Bertz CT molecular complexity index is 586. The normalized spacial score (nSPS) is 18.6. The van der Waals surface area contributed by atoms with Gasteiger partial charge < -0.3 is 4.84 Å². The molecule has 1 atom stereocenters. The third-order valence-electron chi connectivity index (χ3n) is 3.19. The average molecular weight is 257 g/mol. The Morgan fingerprint density at radius 3 is 2.67 bits per heavy atom. The predicted octanol–water partition coefficient (Wildman–Crippen LogP) is 4.23. The molecule has 0 bridgehead atoms. The van der Waals surface area contributed by atoms with Gasteiger partial charge in [0.2, 0.25) is 0 Å². The summed E-state index contributed by atoms with van der Waals surface area (Å²) in [5.74, 6) is 0. The summed E-state index contributed by atoms with van der Waals surface area (Å²) in [6, 6.07) is 12.5. The predicted molar refractivity (Wildman–Crippen MR) is 75.2 cm³/mol. The zero-order chi connectivity index (χ0) is 12.5. The molecule has 0 amide bonds. The second kappa shape index (κ2) is 4.58. The first-order valence-corrected chi connectivity index (χ1v) is 6.91. The van der Waals surface area contributed by atoms with E-state index in [0.717, 1.165) is 12.1 Å². The highest BCUT2D eigenvalue weighted by molar-refractivity contribution is 7.12. The lowest BCUT2D eigenvalue weighted by Gasteiger charge is -2.07. The van der Waals surface area contributed by atoms with Gasteiger partial charge in [0.05, 0.1) is 5.71 Å². The lowest BCUT2D eigenvalue weighted by Crippen LogP contribution is -2.01. The van der Waals surface area contributed by atoms with Crippen LogP contribution in [-0.2, 0) is 4.84 Å². The van der Waals surface area contributed by atoms with Crippen molar-refractivity contribution >= 4 is 17.0 Å². The van der Waals surface area contributed by atoms with E-state index in [-0.39, 0.29) is 6.10 Å². The van der Waals surface area contributed by atoms with Crippen LogP contribution < -0.4 is 0 Å². The van der Waals surface area contributed by atoms with E-state index in [9.17, 15) is 0 Å². The highest BCUT2D eigenvalue weighted by Crippen LogP contribution is 2.32. The lowest BCUT2D eigenvalue weighted by molar-refractivity contribution is 0.0857. The summed E-state index contributed by atoms with van der Waals surface area (Å²) in [6.45, 7) is 4.28. The van der Waals surface area contributed by atoms with Crippen molar-refractivity contribution in [1.82, 2.24) is 0 Å². The quantitative estimate of drug-likeness (QED) is 0.789. The Morgan fingerprint density at radius 1 is 1.22 bits per heavy atom. The molecule has 92 valence electrons. The van der Waals surface area contributed by atoms with Crippen LogP contribution in [0.2, 0.25) is 0 Å². The van der Waals surface area contributed by atoms with Gasteiger partial charge in [0, 0.05) is 21.7 Å². The van der Waals surface area contributed by atoms with E-state index in [1.165, 1.54) is 20.9 Å². The molecule has 1 aromatic heterocycles. The van der Waals surface area contributed by atoms with E-state index < -0.39 is 0 Å². The summed E-state index contributed by atoms with van der Waals surface area (Å²) in [5, 5.41) is 4.26. The fourth-order valence-electron chi connectivity index (χ4n) is 2.30. The maximum Gasteiger partial charge on any atom is 0.158 e. The Hall–Kier alpha value is -1.61. The zero-order valence-electron chi connectivity index (χ0n) is 10.5. The Balaban J connectivity index is 1.81. The number of rotatable bonds is 2. The summed E-state index contributed by atoms with van der Waals surface area (Å²) in [6.07, 6.45) is 0.932. The highest BCUT2D eigenvalue weighted by atomic mass is 32.1. The number of hydrogen-bond acceptors (Lipinski definition) is 3. The number of aryl methyl sites for hydroxylation is 2. The highest BCUT2D eigenvalue weighted by Gasteiger charge is 2.25. The SMILES string of the molecule is Cc1cc(C2=NOC(c3ccccc3)C2)c(C)s1. The molecule has 0 radical (unpaired) electrons. The lowest BCUT2D eigenvalue weighted by atomic mass is 10.0. The van der Waals surface area contributed by atoms with Crippen LogP contribution >= 0.6 is 11.3 Å². The first-order valence-electron chi connectivity index (χ1n) is 6.09. The van der Waals surface area contributed by atoms with Crippen molar-refractivity contribution in [3.8, 4) is 0 Å². The first-order chi connectivity index (χ1) is 8.74. The van der Waals surface area contributed by atoms with Crippen LogP contribution in [0.5, 0.6) is 0 Å². The van der Waals surface area contributed by atoms with E-state index in [0.29, 0.717) is 0 Å². The molecule has 1 aliphatic rings. The number of oxime groups is 1. The van der Waals surface area contributed by atoms with Crippen molar-refractivity contribution in [1.29, 1.82) is 0 Å². The summed E-state index contributed by atoms with van der Waals surface area (Å²) in [4.78, 5) is 8.21. The number of hydrogen-bond donors (Lipinski definition) is 0. The number of nitrogens with zero attached hydrogens (tertiary/aromatic N) is 1. The van der Waals surface area contributed by atoms with Crippen molar-refractivity contribution < 1.29 is 4.84 Å². The van der Waals surface area contributed by atoms with Crippen molar-refractivity contribution in [3.05, 3.63) is 57.3 Å². The molecule has 1 aliphatic heterocycles. The van der Waals surface area contributed by atoms with Gasteiger partial charge in [-0.3, -0.25) is 0 Å². The van der Waals surface area contributed by atoms with Gasteiger partial charge in [-0.05, 0) is 25.5 Å². The largest absolute Gasteiger partial charge is 0.387 e. The standard InChI is InChI=1S/C15H15NOS/c1-10-8-13(11(2)18-10)14-9-15(17-16-14)12-6-4-3-5-7-12/h3-8,15H,9H2,1-2H3. The molecule has 0 spiro atoms. The van der Waals surface area contributed by atoms with Gasteiger partial charge in [-0.15, -0.1) is 11.3 Å². The van der Waals surface area contributed by atoms with Gasteiger partial charge in [-0.25, -0.2) is 0 Å². The molecule has 0 saturated carbocycles. The molecule has 3 rings (SSSR count). The fraction of sp³-hybridized carbons (Fsp3) is 0.267. The monoisotopic (exact) mass is 257 g/mol. The molecule has 2 heterocycles. The van der Waals surface area contributed by atoms with Crippen molar-refractivity contribution in [2.75, 3.05) is 0 Å². The zero-order valence-corrected chi connectivity index (χ0v) is 11.3. The first kappa shape index (κ1) is 11.5. The molecule has 0 N–H and O–H groups in total. The van der Waals surface area contributed by atoms with Crippen LogP contribution in [0, 0.1) is 13.8 Å². The van der Waals surface area contributed by atoms with Gasteiger partial charge in [0.15, 0.2) is 6.10 Å². The van der Waals surface area contributed by atoms with Crippen LogP contribution in [0.3, 0.4) is 0 Å². The van der Waals surface area contributed by atoms with Crippen molar-refractivity contribution in [3.63, 3.8) is 0 Å². The molecule has 3 heteroatoms. The Labute approximate surface area is 111 Å². The average Bonchev–Trinajstić information content (AvgIpc) is 2.97. The smallest absolute Gasteiger partial charge is 0.158 e. The maximum absolute atomic E-state index is 5.56. The summed E-state index contributed by atoms with van der Waals surface area (Å²) >= 11 is 1.82. The van der Waals surface area contributed by atoms with Crippen molar-refractivity contribution in [2.24, 2.45) is 5.16 Å².